The number of rotatable bonds is 5. The molecule has 3 N–H and O–H groups in total. The van der Waals surface area contributed by atoms with Gasteiger partial charge in [-0.1, -0.05) is 24.3 Å². The quantitative estimate of drug-likeness (QED) is 0.668. The van der Waals surface area contributed by atoms with Gasteiger partial charge < -0.3 is 25.4 Å². The number of allylic oxidation sites excluding steroid dienone is 1. The van der Waals surface area contributed by atoms with E-state index in [1.165, 1.54) is 12.8 Å². The van der Waals surface area contributed by atoms with Crippen LogP contribution in [0.4, 0.5) is 11.4 Å². The van der Waals surface area contributed by atoms with Gasteiger partial charge in [-0.3, -0.25) is 4.79 Å². The highest BCUT2D eigenvalue weighted by molar-refractivity contribution is 6.33. The predicted molar refractivity (Wildman–Crippen MR) is 118 cm³/mol. The summed E-state index contributed by atoms with van der Waals surface area (Å²) in [5.41, 5.74) is 5.07. The Morgan fingerprint density at radius 3 is 2.73 bits per heavy atom. The van der Waals surface area contributed by atoms with Gasteiger partial charge in [-0.2, -0.15) is 0 Å². The van der Waals surface area contributed by atoms with E-state index >= 15 is 0 Å². The van der Waals surface area contributed by atoms with Crippen molar-refractivity contribution in [1.82, 2.24) is 4.90 Å². The average Bonchev–Trinajstić information content (AvgIpc) is 3.38. The van der Waals surface area contributed by atoms with Crippen molar-refractivity contribution in [2.45, 2.75) is 18.9 Å². The molecule has 30 heavy (non-hydrogen) atoms. The second-order valence-corrected chi connectivity index (χ2v) is 7.97. The fourth-order valence-corrected chi connectivity index (χ4v) is 4.28. The maximum absolute atomic E-state index is 12.5. The van der Waals surface area contributed by atoms with Crippen LogP contribution in [-0.2, 0) is 4.79 Å². The zero-order valence-corrected chi connectivity index (χ0v) is 16.7. The third-order valence-electron chi connectivity index (χ3n) is 5.77. The molecule has 1 fully saturated rings. The van der Waals surface area contributed by atoms with Gasteiger partial charge in [0.2, 0.25) is 0 Å². The average molecular weight is 403 g/mol. The Bertz CT molecular complexity index is 1040. The summed E-state index contributed by atoms with van der Waals surface area (Å²) in [5.74, 6) is 0.625. The minimum absolute atomic E-state index is 0.0984. The largest absolute Gasteiger partial charge is 0.491 e. The molecule has 1 unspecified atom stereocenters. The van der Waals surface area contributed by atoms with Crippen molar-refractivity contribution in [1.29, 1.82) is 0 Å². The second kappa shape index (κ2) is 7.97. The Kier molecular flexibility index (Phi) is 5.02. The van der Waals surface area contributed by atoms with Crippen molar-refractivity contribution in [2.24, 2.45) is 0 Å². The fourth-order valence-electron chi connectivity index (χ4n) is 4.28. The summed E-state index contributed by atoms with van der Waals surface area (Å²) in [5, 5.41) is 16.5. The molecule has 154 valence electrons. The van der Waals surface area contributed by atoms with Crippen LogP contribution in [0.1, 0.15) is 24.0 Å². The van der Waals surface area contributed by atoms with Crippen LogP contribution in [0.3, 0.4) is 0 Å². The first-order valence-corrected chi connectivity index (χ1v) is 10.4. The number of hydrogen-bond donors (Lipinski definition) is 3. The Labute approximate surface area is 175 Å². The number of ether oxygens (including phenoxy) is 1. The van der Waals surface area contributed by atoms with E-state index in [0.717, 1.165) is 47.0 Å². The number of carbonyl (C=O) groups is 1. The fraction of sp³-hybridized carbons (Fsp3) is 0.292. The number of nitrogens with one attached hydrogen (secondary N) is 2. The van der Waals surface area contributed by atoms with Crippen LogP contribution in [0.25, 0.3) is 11.6 Å². The van der Waals surface area contributed by atoms with Crippen LogP contribution in [-0.4, -0.2) is 48.3 Å². The topological polar surface area (TPSA) is 73.8 Å². The molecule has 3 aliphatic heterocycles. The van der Waals surface area contributed by atoms with Gasteiger partial charge in [0.15, 0.2) is 0 Å². The van der Waals surface area contributed by atoms with Crippen molar-refractivity contribution < 1.29 is 14.6 Å². The Balaban J connectivity index is 1.29. The van der Waals surface area contributed by atoms with Gasteiger partial charge >= 0.3 is 0 Å². The molecule has 0 spiro atoms. The molecular formula is C24H25N3O3. The summed E-state index contributed by atoms with van der Waals surface area (Å²) in [6, 6.07) is 13.5. The van der Waals surface area contributed by atoms with E-state index in [0.29, 0.717) is 12.1 Å². The number of nitrogens with zero attached hydrogens (tertiary/aromatic N) is 1. The molecule has 2 aromatic rings. The molecule has 1 amide bonds. The number of likely N-dealkylation sites (tertiary alicyclic amines) is 1. The number of anilines is 2. The lowest BCUT2D eigenvalue weighted by atomic mass is 10.0. The SMILES string of the molecule is O=C1Nc2ccccc2C1=C1C=Cc2cc(OCC(O)CN3CCCC3)ccc2N1. The van der Waals surface area contributed by atoms with Crippen molar-refractivity contribution in [3.63, 3.8) is 0 Å². The number of hydrogen-bond acceptors (Lipinski definition) is 5. The van der Waals surface area contributed by atoms with Gasteiger partial charge in [-0.15, -0.1) is 0 Å². The highest BCUT2D eigenvalue weighted by Crippen LogP contribution is 2.37. The minimum atomic E-state index is -0.495. The molecule has 2 aromatic carbocycles. The number of para-hydroxylation sites is 1. The van der Waals surface area contributed by atoms with E-state index in [1.54, 1.807) is 0 Å². The first-order chi connectivity index (χ1) is 14.7. The van der Waals surface area contributed by atoms with E-state index in [1.807, 2.05) is 54.6 Å². The van der Waals surface area contributed by atoms with Gasteiger partial charge in [0.1, 0.15) is 18.5 Å². The van der Waals surface area contributed by atoms with Crippen LogP contribution < -0.4 is 15.4 Å². The van der Waals surface area contributed by atoms with E-state index in [4.69, 9.17) is 4.74 Å². The Morgan fingerprint density at radius 1 is 1.03 bits per heavy atom. The van der Waals surface area contributed by atoms with Crippen LogP contribution >= 0.6 is 0 Å². The minimum Gasteiger partial charge on any atom is -0.491 e. The Morgan fingerprint density at radius 2 is 1.87 bits per heavy atom. The van der Waals surface area contributed by atoms with Gasteiger partial charge in [0.05, 0.1) is 11.3 Å². The summed E-state index contributed by atoms with van der Waals surface area (Å²) in [6.07, 6.45) is 5.83. The first-order valence-electron chi connectivity index (χ1n) is 10.4. The van der Waals surface area contributed by atoms with Crippen LogP contribution in [0, 0.1) is 0 Å². The molecule has 0 aliphatic carbocycles. The third-order valence-corrected chi connectivity index (χ3v) is 5.77. The van der Waals surface area contributed by atoms with Crippen LogP contribution in [0.5, 0.6) is 5.75 Å². The smallest absolute Gasteiger partial charge is 0.258 e. The third kappa shape index (κ3) is 3.72. The maximum Gasteiger partial charge on any atom is 0.258 e. The molecule has 0 radical (unpaired) electrons. The van der Waals surface area contributed by atoms with Gasteiger partial charge in [0, 0.05) is 29.0 Å². The molecule has 6 heteroatoms. The van der Waals surface area contributed by atoms with Crippen LogP contribution in [0.15, 0.2) is 54.2 Å². The van der Waals surface area contributed by atoms with E-state index in [9.17, 15) is 9.90 Å². The standard InChI is InChI=1S/C24H25N3O3/c28-17(14-27-11-3-4-12-27)15-30-18-8-10-20-16(13-18)7-9-22(25-20)23-19-5-1-2-6-21(19)26-24(23)29/h1-2,5-10,13,17,25,28H,3-4,11-12,14-15H2,(H,26,29). The van der Waals surface area contributed by atoms with Gasteiger partial charge in [-0.05, 0) is 56.3 Å². The molecule has 0 aromatic heterocycles. The summed E-state index contributed by atoms with van der Waals surface area (Å²) in [7, 11) is 0. The van der Waals surface area contributed by atoms with Crippen LogP contribution in [0.2, 0.25) is 0 Å². The molecule has 3 heterocycles. The lowest BCUT2D eigenvalue weighted by molar-refractivity contribution is -0.110. The van der Waals surface area contributed by atoms with E-state index < -0.39 is 6.10 Å². The monoisotopic (exact) mass is 403 g/mol. The summed E-state index contributed by atoms with van der Waals surface area (Å²) < 4.78 is 5.82. The number of β-amino-alcohol motifs (C(OH)–C–C–N with tert-alkyl or cyclic N) is 1. The van der Waals surface area contributed by atoms with Gasteiger partial charge in [-0.25, -0.2) is 0 Å². The van der Waals surface area contributed by atoms with Crippen molar-refractivity contribution >= 4 is 28.9 Å². The number of fused-ring (bicyclic) bond motifs is 2. The summed E-state index contributed by atoms with van der Waals surface area (Å²) in [6.45, 7) is 3.06. The molecule has 3 aliphatic rings. The molecule has 0 saturated carbocycles. The molecular weight excluding hydrogens is 378 g/mol. The lowest BCUT2D eigenvalue weighted by Crippen LogP contribution is -2.33. The number of aliphatic hydroxyl groups excluding tert-OH is 1. The maximum atomic E-state index is 12.5. The second-order valence-electron chi connectivity index (χ2n) is 7.97. The number of aliphatic hydroxyl groups is 1. The van der Waals surface area contributed by atoms with Crippen molar-refractivity contribution in [3.05, 3.63) is 65.4 Å². The molecule has 5 rings (SSSR count). The molecule has 1 atom stereocenters. The highest BCUT2D eigenvalue weighted by Gasteiger charge is 2.27. The first kappa shape index (κ1) is 18.9. The van der Waals surface area contributed by atoms with Gasteiger partial charge in [0.25, 0.3) is 5.91 Å². The predicted octanol–water partition coefficient (Wildman–Crippen LogP) is 3.32. The summed E-state index contributed by atoms with van der Waals surface area (Å²) >= 11 is 0. The van der Waals surface area contributed by atoms with Crippen molar-refractivity contribution in [3.8, 4) is 5.75 Å². The Hall–Kier alpha value is -3.09. The lowest BCUT2D eigenvalue weighted by Gasteiger charge is -2.21. The number of benzene rings is 2. The van der Waals surface area contributed by atoms with Crippen molar-refractivity contribution in [2.75, 3.05) is 36.9 Å². The zero-order valence-electron chi connectivity index (χ0n) is 16.7. The number of amides is 1. The highest BCUT2D eigenvalue weighted by atomic mass is 16.5. The number of carbonyl (C=O) groups excluding carboxylic acids is 1. The van der Waals surface area contributed by atoms with E-state index in [-0.39, 0.29) is 12.5 Å². The molecule has 6 nitrogen and oxygen atoms in total. The molecule has 0 bridgehead atoms. The zero-order chi connectivity index (χ0) is 20.5. The normalized spacial score (nSPS) is 21.0. The summed E-state index contributed by atoms with van der Waals surface area (Å²) in [4.78, 5) is 14.8. The van der Waals surface area contributed by atoms with E-state index in [2.05, 4.69) is 15.5 Å². The molecule has 1 saturated heterocycles.